The van der Waals surface area contributed by atoms with Crippen LogP contribution in [-0.2, 0) is 11.3 Å². The Labute approximate surface area is 140 Å². The second kappa shape index (κ2) is 7.27. The van der Waals surface area contributed by atoms with Crippen LogP contribution in [0.4, 0.5) is 5.95 Å². The van der Waals surface area contributed by atoms with Crippen LogP contribution in [0.1, 0.15) is 18.4 Å². The van der Waals surface area contributed by atoms with E-state index in [1.54, 1.807) is 18.5 Å². The second-order valence-corrected chi connectivity index (χ2v) is 6.11. The molecule has 3 rings (SSSR count). The van der Waals surface area contributed by atoms with E-state index < -0.39 is 0 Å². The van der Waals surface area contributed by atoms with Crippen LogP contribution >= 0.6 is 23.2 Å². The van der Waals surface area contributed by atoms with Crippen molar-refractivity contribution >= 4 is 29.2 Å². The van der Waals surface area contributed by atoms with Gasteiger partial charge in [-0.3, -0.25) is 0 Å². The van der Waals surface area contributed by atoms with Gasteiger partial charge in [0, 0.05) is 25.5 Å². The molecule has 1 aromatic heterocycles. The number of hydrogen-bond acceptors (Lipinski definition) is 4. The molecule has 4 nitrogen and oxygen atoms in total. The van der Waals surface area contributed by atoms with Crippen molar-refractivity contribution in [3.8, 4) is 0 Å². The van der Waals surface area contributed by atoms with Gasteiger partial charge in [0.2, 0.25) is 5.95 Å². The van der Waals surface area contributed by atoms with E-state index in [9.17, 15) is 0 Å². The number of halogens is 2. The molecule has 6 heteroatoms. The monoisotopic (exact) mass is 337 g/mol. The molecule has 0 aliphatic carbocycles. The van der Waals surface area contributed by atoms with Crippen LogP contribution in [-0.4, -0.2) is 29.2 Å². The van der Waals surface area contributed by atoms with Crippen molar-refractivity contribution in [1.29, 1.82) is 0 Å². The molecule has 1 aliphatic heterocycles. The number of ether oxygens (including phenoxy) is 1. The van der Waals surface area contributed by atoms with E-state index in [2.05, 4.69) is 14.9 Å². The van der Waals surface area contributed by atoms with Crippen LogP contribution in [0.15, 0.2) is 36.7 Å². The molecule has 1 aliphatic rings. The van der Waals surface area contributed by atoms with Gasteiger partial charge in [0.05, 0.1) is 22.8 Å². The number of anilines is 1. The highest BCUT2D eigenvalue weighted by atomic mass is 35.5. The molecule has 1 saturated heterocycles. The van der Waals surface area contributed by atoms with E-state index >= 15 is 0 Å². The fraction of sp³-hybridized carbons (Fsp3) is 0.375. The fourth-order valence-electron chi connectivity index (χ4n) is 2.52. The lowest BCUT2D eigenvalue weighted by Gasteiger charge is -2.31. The molecule has 0 amide bonds. The maximum atomic E-state index is 6.01. The zero-order valence-corrected chi connectivity index (χ0v) is 13.6. The predicted molar refractivity (Wildman–Crippen MR) is 88.5 cm³/mol. The first-order valence-electron chi connectivity index (χ1n) is 7.30. The zero-order chi connectivity index (χ0) is 15.4. The van der Waals surface area contributed by atoms with E-state index in [0.29, 0.717) is 16.7 Å². The topological polar surface area (TPSA) is 38.2 Å². The third-order valence-corrected chi connectivity index (χ3v) is 4.49. The molecular formula is C16H17Cl2N3O. The molecule has 0 radical (unpaired) electrons. The molecule has 0 spiro atoms. The molecule has 0 saturated carbocycles. The minimum Gasteiger partial charge on any atom is -0.373 e. The van der Waals surface area contributed by atoms with E-state index in [1.807, 2.05) is 18.2 Å². The largest absolute Gasteiger partial charge is 0.373 e. The summed E-state index contributed by atoms with van der Waals surface area (Å²) < 4.78 is 5.98. The van der Waals surface area contributed by atoms with Crippen LogP contribution in [0, 0.1) is 0 Å². The Morgan fingerprint density at radius 1 is 1.09 bits per heavy atom. The van der Waals surface area contributed by atoms with Crippen molar-refractivity contribution in [3.05, 3.63) is 52.3 Å². The van der Waals surface area contributed by atoms with Gasteiger partial charge in [-0.15, -0.1) is 0 Å². The molecule has 0 N–H and O–H groups in total. The average molecular weight is 338 g/mol. The Morgan fingerprint density at radius 3 is 2.50 bits per heavy atom. The summed E-state index contributed by atoms with van der Waals surface area (Å²) in [6, 6.07) is 7.44. The first kappa shape index (κ1) is 15.5. The van der Waals surface area contributed by atoms with Crippen molar-refractivity contribution in [1.82, 2.24) is 9.97 Å². The number of nitrogens with zero attached hydrogens (tertiary/aromatic N) is 3. The SMILES string of the molecule is Clc1ccc(COC2CCN(c3ncccn3)CC2)cc1Cl. The molecule has 1 aromatic carbocycles. The van der Waals surface area contributed by atoms with Gasteiger partial charge in [0.1, 0.15) is 0 Å². The third kappa shape index (κ3) is 3.88. The Bertz CT molecular complexity index is 616. The van der Waals surface area contributed by atoms with Crippen molar-refractivity contribution in [2.45, 2.75) is 25.6 Å². The highest BCUT2D eigenvalue weighted by Crippen LogP contribution is 2.24. The maximum absolute atomic E-state index is 6.01. The molecule has 0 unspecified atom stereocenters. The summed E-state index contributed by atoms with van der Waals surface area (Å²) in [6.45, 7) is 2.38. The molecule has 1 fully saturated rings. The summed E-state index contributed by atoms with van der Waals surface area (Å²) >= 11 is 11.9. The van der Waals surface area contributed by atoms with Gasteiger partial charge < -0.3 is 9.64 Å². The molecule has 0 atom stereocenters. The molecule has 116 valence electrons. The Morgan fingerprint density at radius 2 is 1.82 bits per heavy atom. The Balaban J connectivity index is 1.49. The average Bonchev–Trinajstić information content (AvgIpc) is 2.57. The second-order valence-electron chi connectivity index (χ2n) is 5.29. The summed E-state index contributed by atoms with van der Waals surface area (Å²) in [5, 5.41) is 1.14. The quantitative estimate of drug-likeness (QED) is 0.846. The van der Waals surface area contributed by atoms with Gasteiger partial charge in [-0.1, -0.05) is 29.3 Å². The lowest BCUT2D eigenvalue weighted by atomic mass is 10.1. The molecule has 2 heterocycles. The van der Waals surface area contributed by atoms with Gasteiger partial charge in [-0.25, -0.2) is 9.97 Å². The number of piperidine rings is 1. The Kier molecular flexibility index (Phi) is 5.13. The van der Waals surface area contributed by atoms with Gasteiger partial charge in [-0.2, -0.15) is 0 Å². The third-order valence-electron chi connectivity index (χ3n) is 3.75. The molecule has 2 aromatic rings. The van der Waals surface area contributed by atoms with Crippen molar-refractivity contribution in [2.24, 2.45) is 0 Å². The van der Waals surface area contributed by atoms with Crippen molar-refractivity contribution in [2.75, 3.05) is 18.0 Å². The molecular weight excluding hydrogens is 321 g/mol. The fourth-order valence-corrected chi connectivity index (χ4v) is 2.84. The molecule has 22 heavy (non-hydrogen) atoms. The first-order chi connectivity index (χ1) is 10.7. The van der Waals surface area contributed by atoms with Crippen LogP contribution < -0.4 is 4.90 Å². The van der Waals surface area contributed by atoms with Crippen molar-refractivity contribution < 1.29 is 4.74 Å². The van der Waals surface area contributed by atoms with Gasteiger partial charge in [0.15, 0.2) is 0 Å². The maximum Gasteiger partial charge on any atom is 0.225 e. The van der Waals surface area contributed by atoms with Crippen LogP contribution in [0.5, 0.6) is 0 Å². The number of benzene rings is 1. The summed E-state index contributed by atoms with van der Waals surface area (Å²) in [6.07, 6.45) is 5.75. The van der Waals surface area contributed by atoms with Crippen LogP contribution in [0.2, 0.25) is 10.0 Å². The summed E-state index contributed by atoms with van der Waals surface area (Å²) in [4.78, 5) is 10.8. The standard InChI is InChI=1S/C16H17Cl2N3O/c17-14-3-2-12(10-15(14)18)11-22-13-4-8-21(9-5-13)16-19-6-1-7-20-16/h1-3,6-7,10,13H,4-5,8-9,11H2. The van der Waals surface area contributed by atoms with Gasteiger partial charge in [-0.05, 0) is 36.6 Å². The lowest BCUT2D eigenvalue weighted by Crippen LogP contribution is -2.37. The van der Waals surface area contributed by atoms with E-state index in [1.165, 1.54) is 0 Å². The predicted octanol–water partition coefficient (Wildman–Crippen LogP) is 3.97. The smallest absolute Gasteiger partial charge is 0.225 e. The summed E-state index contributed by atoms with van der Waals surface area (Å²) in [7, 11) is 0. The number of rotatable bonds is 4. The van der Waals surface area contributed by atoms with Gasteiger partial charge >= 0.3 is 0 Å². The summed E-state index contributed by atoms with van der Waals surface area (Å²) in [5.74, 6) is 0.797. The van der Waals surface area contributed by atoms with Crippen molar-refractivity contribution in [3.63, 3.8) is 0 Å². The minimum absolute atomic E-state index is 0.259. The van der Waals surface area contributed by atoms with Gasteiger partial charge in [0.25, 0.3) is 0 Å². The lowest BCUT2D eigenvalue weighted by molar-refractivity contribution is 0.0250. The number of aromatic nitrogens is 2. The number of hydrogen-bond donors (Lipinski definition) is 0. The minimum atomic E-state index is 0.259. The van der Waals surface area contributed by atoms with Crippen LogP contribution in [0.25, 0.3) is 0 Å². The summed E-state index contributed by atoms with van der Waals surface area (Å²) in [5.41, 5.74) is 1.04. The Hall–Kier alpha value is -1.36. The van der Waals surface area contributed by atoms with Crippen LogP contribution in [0.3, 0.4) is 0 Å². The first-order valence-corrected chi connectivity index (χ1v) is 8.05. The highest BCUT2D eigenvalue weighted by Gasteiger charge is 2.21. The van der Waals surface area contributed by atoms with E-state index in [4.69, 9.17) is 27.9 Å². The normalized spacial score (nSPS) is 16.0. The van der Waals surface area contributed by atoms with E-state index in [-0.39, 0.29) is 6.10 Å². The zero-order valence-electron chi connectivity index (χ0n) is 12.1. The highest BCUT2D eigenvalue weighted by molar-refractivity contribution is 6.42. The van der Waals surface area contributed by atoms with E-state index in [0.717, 1.165) is 37.4 Å². The molecule has 0 bridgehead atoms.